The first-order valence-corrected chi connectivity index (χ1v) is 13.0. The van der Waals surface area contributed by atoms with Gasteiger partial charge in [-0.05, 0) is 22.3 Å². The van der Waals surface area contributed by atoms with Crippen LogP contribution in [0.2, 0.25) is 0 Å². The summed E-state index contributed by atoms with van der Waals surface area (Å²) in [6.45, 7) is 1.54. The summed E-state index contributed by atoms with van der Waals surface area (Å²) in [5.41, 5.74) is 0.930. The zero-order chi connectivity index (χ0) is 27.5. The minimum Gasteiger partial charge on any atom is -0.467 e. The number of aliphatic hydroxyl groups is 1. The fourth-order valence-electron chi connectivity index (χ4n) is 3.67. The van der Waals surface area contributed by atoms with Crippen molar-refractivity contribution >= 4 is 31.5 Å². The topological polar surface area (TPSA) is 167 Å². The summed E-state index contributed by atoms with van der Waals surface area (Å²) >= 11 is 0. The lowest BCUT2D eigenvalue weighted by atomic mass is 10.1. The Morgan fingerprint density at radius 1 is 1.21 bits per heavy atom. The number of rotatable bonds is 12. The van der Waals surface area contributed by atoms with E-state index < -0.39 is 36.9 Å². The van der Waals surface area contributed by atoms with Crippen LogP contribution in [-0.2, 0) is 34.7 Å². The number of hydrogen-bond donors (Lipinski definition) is 2. The maximum absolute atomic E-state index is 12.6. The Hall–Kier alpha value is -3.64. The third-order valence-corrected chi connectivity index (χ3v) is 6.80. The summed E-state index contributed by atoms with van der Waals surface area (Å²) in [6, 6.07) is 11.9. The predicted octanol–water partition coefficient (Wildman–Crippen LogP) is 3.04. The zero-order valence-corrected chi connectivity index (χ0v) is 21.6. The molecule has 1 heterocycles. The van der Waals surface area contributed by atoms with Gasteiger partial charge in [0.25, 0.3) is 5.69 Å². The SMILES string of the molecule is COC(=O)[C@H](CCO[P+](=O)C(O)c1ccc(N2CCOCC2)c([N+](=O)[O-])c1)NC(=O)OCc1ccccc1. The van der Waals surface area contributed by atoms with Gasteiger partial charge in [0, 0.05) is 31.1 Å². The number of carbonyl (C=O) groups excluding carboxylic acids is 2. The number of nitrogens with zero attached hydrogens (tertiary/aromatic N) is 2. The molecule has 0 bridgehead atoms. The van der Waals surface area contributed by atoms with Crippen LogP contribution in [0.5, 0.6) is 0 Å². The van der Waals surface area contributed by atoms with E-state index in [-0.39, 0.29) is 30.9 Å². The van der Waals surface area contributed by atoms with Crippen molar-refractivity contribution in [2.45, 2.75) is 24.9 Å². The van der Waals surface area contributed by atoms with Crippen LogP contribution in [0.15, 0.2) is 48.5 Å². The number of aliphatic hydroxyl groups excluding tert-OH is 1. The van der Waals surface area contributed by atoms with Crippen LogP contribution >= 0.6 is 8.03 Å². The second kappa shape index (κ2) is 14.3. The van der Waals surface area contributed by atoms with Gasteiger partial charge in [-0.1, -0.05) is 30.3 Å². The van der Waals surface area contributed by atoms with E-state index in [1.807, 2.05) is 6.07 Å². The molecule has 13 nitrogen and oxygen atoms in total. The molecule has 3 rings (SSSR count). The van der Waals surface area contributed by atoms with Crippen molar-refractivity contribution in [1.82, 2.24) is 5.32 Å². The first-order chi connectivity index (χ1) is 18.3. The van der Waals surface area contributed by atoms with Gasteiger partial charge >= 0.3 is 25.9 Å². The van der Waals surface area contributed by atoms with Crippen LogP contribution in [0.4, 0.5) is 16.2 Å². The molecule has 1 aliphatic heterocycles. The molecule has 204 valence electrons. The Morgan fingerprint density at radius 2 is 1.92 bits per heavy atom. The van der Waals surface area contributed by atoms with Crippen LogP contribution in [0.1, 0.15) is 23.4 Å². The predicted molar refractivity (Wildman–Crippen MR) is 135 cm³/mol. The quantitative estimate of drug-likeness (QED) is 0.173. The van der Waals surface area contributed by atoms with Crippen LogP contribution < -0.4 is 10.2 Å². The van der Waals surface area contributed by atoms with Crippen LogP contribution in [0.3, 0.4) is 0 Å². The summed E-state index contributed by atoms with van der Waals surface area (Å²) in [5, 5.41) is 24.5. The molecule has 2 unspecified atom stereocenters. The Balaban J connectivity index is 1.55. The molecule has 1 aliphatic rings. The van der Waals surface area contributed by atoms with E-state index in [0.29, 0.717) is 32.0 Å². The van der Waals surface area contributed by atoms with Crippen LogP contribution in [-0.4, -0.2) is 68.2 Å². The number of ether oxygens (including phenoxy) is 3. The van der Waals surface area contributed by atoms with Crippen molar-refractivity contribution in [1.29, 1.82) is 0 Å². The van der Waals surface area contributed by atoms with Crippen LogP contribution in [0, 0.1) is 10.1 Å². The van der Waals surface area contributed by atoms with Gasteiger partial charge < -0.3 is 29.5 Å². The fraction of sp³-hybridized carbons (Fsp3) is 0.417. The second-order valence-electron chi connectivity index (χ2n) is 8.17. The minimum atomic E-state index is -2.73. The van der Waals surface area contributed by atoms with Crippen LogP contribution in [0.25, 0.3) is 0 Å². The first kappa shape index (κ1) is 28.9. The molecule has 1 amide bonds. The van der Waals surface area contributed by atoms with Gasteiger partial charge in [-0.3, -0.25) is 10.1 Å². The first-order valence-electron chi connectivity index (χ1n) is 11.7. The van der Waals surface area contributed by atoms with Gasteiger partial charge in [-0.2, -0.15) is 0 Å². The Bertz CT molecular complexity index is 1130. The molecule has 0 saturated carbocycles. The molecule has 0 spiro atoms. The Morgan fingerprint density at radius 3 is 2.58 bits per heavy atom. The summed E-state index contributed by atoms with van der Waals surface area (Å²) in [4.78, 5) is 37.1. The lowest BCUT2D eigenvalue weighted by Crippen LogP contribution is -2.42. The molecule has 2 aromatic carbocycles. The summed E-state index contributed by atoms with van der Waals surface area (Å²) in [5.74, 6) is -2.42. The van der Waals surface area contributed by atoms with Gasteiger partial charge in [0.2, 0.25) is 0 Å². The molecule has 1 fully saturated rings. The molecule has 0 aliphatic carbocycles. The van der Waals surface area contributed by atoms with E-state index in [9.17, 15) is 29.4 Å². The molecule has 0 radical (unpaired) electrons. The van der Waals surface area contributed by atoms with Crippen molar-refractivity contribution in [3.05, 3.63) is 69.8 Å². The number of carbonyl (C=O) groups is 2. The summed E-state index contributed by atoms with van der Waals surface area (Å²) < 4.78 is 32.8. The number of amides is 1. The lowest BCUT2D eigenvalue weighted by Gasteiger charge is -2.28. The molecule has 38 heavy (non-hydrogen) atoms. The molecule has 1 saturated heterocycles. The number of methoxy groups -OCH3 is 1. The molecule has 2 aromatic rings. The maximum atomic E-state index is 12.6. The zero-order valence-electron chi connectivity index (χ0n) is 20.7. The normalized spacial score (nSPS) is 15.2. The third-order valence-electron chi connectivity index (χ3n) is 5.66. The molecule has 0 aromatic heterocycles. The summed E-state index contributed by atoms with van der Waals surface area (Å²) in [7, 11) is -1.59. The molecule has 2 N–H and O–H groups in total. The number of benzene rings is 2. The average Bonchev–Trinajstić information content (AvgIpc) is 2.95. The number of nitro groups is 1. The van der Waals surface area contributed by atoms with E-state index in [1.165, 1.54) is 12.1 Å². The van der Waals surface area contributed by atoms with Gasteiger partial charge in [0.15, 0.2) is 0 Å². The van der Waals surface area contributed by atoms with Gasteiger partial charge in [-0.15, -0.1) is 4.52 Å². The number of esters is 1. The highest BCUT2D eigenvalue weighted by atomic mass is 31.1. The highest BCUT2D eigenvalue weighted by Crippen LogP contribution is 2.42. The standard InChI is InChI=1S/C24H28N3O10P/c1-34-22(28)19(25-24(30)36-16-17-5-3-2-4-6-17)9-12-37-38(33)23(29)18-7-8-20(21(15-18)27(31)32)26-10-13-35-14-11-26/h2-8,15,19,23,29H,9-14,16H2,1H3/p+1/t19-,23?/m0/s1. The van der Waals surface area contributed by atoms with E-state index in [1.54, 1.807) is 29.2 Å². The largest absolute Gasteiger partial charge is 0.545 e. The Labute approximate surface area is 219 Å². The van der Waals surface area contributed by atoms with E-state index in [4.69, 9.17) is 14.0 Å². The van der Waals surface area contributed by atoms with E-state index >= 15 is 0 Å². The summed E-state index contributed by atoms with van der Waals surface area (Å²) in [6.07, 6.45) is -0.988. The number of nitro benzene ring substituents is 1. The van der Waals surface area contributed by atoms with Crippen molar-refractivity contribution < 1.29 is 42.9 Å². The third kappa shape index (κ3) is 8.18. The fourth-order valence-corrected chi connectivity index (χ4v) is 4.50. The number of hydrogen-bond acceptors (Lipinski definition) is 11. The second-order valence-corrected chi connectivity index (χ2v) is 9.49. The smallest absolute Gasteiger partial charge is 0.467 e. The van der Waals surface area contributed by atoms with Gasteiger partial charge in [0.1, 0.15) is 24.9 Å². The number of alkyl carbamates (subject to hydrolysis) is 1. The number of morpholine rings is 1. The van der Waals surface area contributed by atoms with Crippen molar-refractivity contribution in [2.75, 3.05) is 44.9 Å². The molecular formula is C24H29N3O10P+. The number of nitrogens with one attached hydrogen (secondary N) is 1. The highest BCUT2D eigenvalue weighted by molar-refractivity contribution is 7.39. The monoisotopic (exact) mass is 550 g/mol. The molecule has 3 atom stereocenters. The molecular weight excluding hydrogens is 521 g/mol. The van der Waals surface area contributed by atoms with E-state index in [0.717, 1.165) is 18.7 Å². The van der Waals surface area contributed by atoms with E-state index in [2.05, 4.69) is 10.1 Å². The molecule has 14 heteroatoms. The minimum absolute atomic E-state index is 0.00835. The Kier molecular flexibility index (Phi) is 10.9. The average molecular weight is 550 g/mol. The highest BCUT2D eigenvalue weighted by Gasteiger charge is 2.35. The maximum Gasteiger partial charge on any atom is 0.545 e. The lowest BCUT2D eigenvalue weighted by molar-refractivity contribution is -0.384. The van der Waals surface area contributed by atoms with Gasteiger partial charge in [0.05, 0.1) is 25.2 Å². The van der Waals surface area contributed by atoms with Gasteiger partial charge in [-0.25, -0.2) is 9.59 Å². The van der Waals surface area contributed by atoms with Crippen molar-refractivity contribution in [2.24, 2.45) is 0 Å². The van der Waals surface area contributed by atoms with Crippen molar-refractivity contribution in [3.8, 4) is 0 Å². The number of anilines is 1. The van der Waals surface area contributed by atoms with Crippen molar-refractivity contribution in [3.63, 3.8) is 0 Å².